The van der Waals surface area contributed by atoms with Crippen molar-refractivity contribution in [1.29, 1.82) is 0 Å². The van der Waals surface area contributed by atoms with E-state index >= 15 is 0 Å². The summed E-state index contributed by atoms with van der Waals surface area (Å²) in [6.07, 6.45) is 1.54. The number of amides is 1. The monoisotopic (exact) mass is 404 g/mol. The van der Waals surface area contributed by atoms with Crippen LogP contribution < -0.4 is 19.6 Å². The van der Waals surface area contributed by atoms with Crippen molar-refractivity contribution in [2.24, 2.45) is 5.10 Å². The minimum Gasteiger partial charge on any atom is -0.496 e. The van der Waals surface area contributed by atoms with Crippen LogP contribution in [-0.4, -0.2) is 26.3 Å². The van der Waals surface area contributed by atoms with Crippen molar-refractivity contribution in [3.8, 4) is 17.2 Å². The summed E-state index contributed by atoms with van der Waals surface area (Å²) in [5.74, 6) is 1.35. The molecule has 0 fully saturated rings. The van der Waals surface area contributed by atoms with Crippen molar-refractivity contribution in [3.63, 3.8) is 0 Å². The molecule has 0 aromatic heterocycles. The molecule has 0 radical (unpaired) electrons. The molecule has 0 heterocycles. The van der Waals surface area contributed by atoms with Gasteiger partial charge in [0.15, 0.2) is 11.5 Å². The van der Waals surface area contributed by atoms with Gasteiger partial charge in [0, 0.05) is 0 Å². The van der Waals surface area contributed by atoms with Gasteiger partial charge in [-0.3, -0.25) is 4.79 Å². The molecule has 0 saturated heterocycles. The second-order valence-corrected chi connectivity index (χ2v) is 6.58. The molecular weight excluding hydrogens is 380 g/mol. The lowest BCUT2D eigenvalue weighted by Gasteiger charge is -2.11. The first-order valence-electron chi connectivity index (χ1n) is 9.43. The number of hydrazone groups is 1. The van der Waals surface area contributed by atoms with Crippen molar-refractivity contribution in [3.05, 3.63) is 89.0 Å². The third kappa shape index (κ3) is 5.38. The van der Waals surface area contributed by atoms with Gasteiger partial charge in [-0.1, -0.05) is 42.0 Å². The highest BCUT2D eigenvalue weighted by atomic mass is 16.5. The van der Waals surface area contributed by atoms with Crippen LogP contribution in [0.15, 0.2) is 71.8 Å². The van der Waals surface area contributed by atoms with E-state index in [1.54, 1.807) is 43.7 Å². The lowest BCUT2D eigenvalue weighted by Crippen LogP contribution is -2.18. The molecule has 1 N–H and O–H groups in total. The Bertz CT molecular complexity index is 1030. The van der Waals surface area contributed by atoms with Gasteiger partial charge in [-0.15, -0.1) is 0 Å². The maximum Gasteiger partial charge on any atom is 0.275 e. The Hall–Kier alpha value is -3.80. The van der Waals surface area contributed by atoms with Gasteiger partial charge in [-0.05, 0) is 48.4 Å². The number of para-hydroxylation sites is 1. The standard InChI is InChI=1S/C24H24N2O4/c1-17-8-10-18(11-9-17)16-30-22-13-12-19(14-23(22)29-3)15-25-26-24(27)20-6-4-5-7-21(20)28-2/h4-15H,16H2,1-3H3,(H,26,27)/b25-15+. The number of nitrogens with zero attached hydrogens (tertiary/aromatic N) is 1. The first-order chi connectivity index (χ1) is 14.6. The maximum absolute atomic E-state index is 12.3. The van der Waals surface area contributed by atoms with Gasteiger partial charge in [-0.2, -0.15) is 5.10 Å². The molecule has 6 heteroatoms. The van der Waals surface area contributed by atoms with Crippen LogP contribution in [0.2, 0.25) is 0 Å². The maximum atomic E-state index is 12.3. The molecule has 3 aromatic carbocycles. The van der Waals surface area contributed by atoms with E-state index < -0.39 is 0 Å². The highest BCUT2D eigenvalue weighted by Crippen LogP contribution is 2.28. The quantitative estimate of drug-likeness (QED) is 0.448. The Labute approximate surface area is 176 Å². The molecule has 3 aromatic rings. The predicted octanol–water partition coefficient (Wildman–Crippen LogP) is 4.36. The van der Waals surface area contributed by atoms with Crippen LogP contribution in [0.3, 0.4) is 0 Å². The molecule has 3 rings (SSSR count). The average molecular weight is 404 g/mol. The van der Waals surface area contributed by atoms with Crippen LogP contribution in [0, 0.1) is 6.92 Å². The largest absolute Gasteiger partial charge is 0.496 e. The van der Waals surface area contributed by atoms with Gasteiger partial charge in [0.2, 0.25) is 0 Å². The molecule has 0 unspecified atom stereocenters. The summed E-state index contributed by atoms with van der Waals surface area (Å²) in [5.41, 5.74) is 5.96. The minimum atomic E-state index is -0.353. The number of hydrogen-bond donors (Lipinski definition) is 1. The van der Waals surface area contributed by atoms with Gasteiger partial charge >= 0.3 is 0 Å². The van der Waals surface area contributed by atoms with Crippen LogP contribution in [-0.2, 0) is 6.61 Å². The molecule has 154 valence electrons. The molecule has 0 atom stereocenters. The topological polar surface area (TPSA) is 69.2 Å². The second kappa shape index (κ2) is 10.1. The third-order valence-corrected chi connectivity index (χ3v) is 4.43. The summed E-state index contributed by atoms with van der Waals surface area (Å²) >= 11 is 0. The minimum absolute atomic E-state index is 0.353. The number of hydrogen-bond acceptors (Lipinski definition) is 5. The van der Waals surface area contributed by atoms with Crippen molar-refractivity contribution >= 4 is 12.1 Å². The van der Waals surface area contributed by atoms with E-state index in [1.165, 1.54) is 12.7 Å². The number of benzene rings is 3. The number of carbonyl (C=O) groups is 1. The van der Waals surface area contributed by atoms with Crippen LogP contribution in [0.1, 0.15) is 27.0 Å². The molecule has 1 amide bonds. The van der Waals surface area contributed by atoms with Gasteiger partial charge in [-0.25, -0.2) is 5.43 Å². The Balaban J connectivity index is 1.63. The van der Waals surface area contributed by atoms with E-state index in [2.05, 4.69) is 22.7 Å². The van der Waals surface area contributed by atoms with E-state index in [0.29, 0.717) is 29.4 Å². The molecule has 6 nitrogen and oxygen atoms in total. The zero-order valence-electron chi connectivity index (χ0n) is 17.2. The van der Waals surface area contributed by atoms with Crippen molar-refractivity contribution in [2.45, 2.75) is 13.5 Å². The summed E-state index contributed by atoms with van der Waals surface area (Å²) < 4.78 is 16.5. The SMILES string of the molecule is COc1cc(/C=N/NC(=O)c2ccccc2OC)ccc1OCc1ccc(C)cc1. The zero-order valence-corrected chi connectivity index (χ0v) is 17.2. The molecule has 0 aliphatic carbocycles. The van der Waals surface area contributed by atoms with Crippen LogP contribution in [0.25, 0.3) is 0 Å². The molecule has 0 aliphatic heterocycles. The van der Waals surface area contributed by atoms with Gasteiger partial charge in [0.1, 0.15) is 12.4 Å². The first-order valence-corrected chi connectivity index (χ1v) is 9.43. The van der Waals surface area contributed by atoms with E-state index in [-0.39, 0.29) is 5.91 Å². The fraction of sp³-hybridized carbons (Fsp3) is 0.167. The van der Waals surface area contributed by atoms with Crippen molar-refractivity contribution < 1.29 is 19.0 Å². The lowest BCUT2D eigenvalue weighted by molar-refractivity contribution is 0.0952. The molecule has 0 bridgehead atoms. The van der Waals surface area contributed by atoms with E-state index in [4.69, 9.17) is 14.2 Å². The van der Waals surface area contributed by atoms with Crippen LogP contribution in [0.4, 0.5) is 0 Å². The van der Waals surface area contributed by atoms with E-state index in [0.717, 1.165) is 11.1 Å². The van der Waals surface area contributed by atoms with E-state index in [1.807, 2.05) is 31.2 Å². The fourth-order valence-corrected chi connectivity index (χ4v) is 2.79. The summed E-state index contributed by atoms with van der Waals surface area (Å²) in [5, 5.41) is 4.02. The first kappa shape index (κ1) is 20.9. The Morgan fingerprint density at radius 3 is 2.40 bits per heavy atom. The number of rotatable bonds is 8. The summed E-state index contributed by atoms with van der Waals surface area (Å²) in [6, 6.07) is 20.6. The fourth-order valence-electron chi connectivity index (χ4n) is 2.79. The van der Waals surface area contributed by atoms with Crippen LogP contribution in [0.5, 0.6) is 17.2 Å². The number of carbonyl (C=O) groups excluding carboxylic acids is 1. The third-order valence-electron chi connectivity index (χ3n) is 4.43. The average Bonchev–Trinajstić information content (AvgIpc) is 2.79. The van der Waals surface area contributed by atoms with Gasteiger partial charge < -0.3 is 14.2 Å². The van der Waals surface area contributed by atoms with E-state index in [9.17, 15) is 4.79 Å². The smallest absolute Gasteiger partial charge is 0.275 e. The lowest BCUT2D eigenvalue weighted by atomic mass is 10.2. The normalized spacial score (nSPS) is 10.6. The second-order valence-electron chi connectivity index (χ2n) is 6.58. The highest BCUT2D eigenvalue weighted by molar-refractivity contribution is 5.97. The molecule has 0 saturated carbocycles. The Morgan fingerprint density at radius 2 is 1.67 bits per heavy atom. The number of methoxy groups -OCH3 is 2. The Kier molecular flexibility index (Phi) is 7.05. The van der Waals surface area contributed by atoms with Gasteiger partial charge in [0.25, 0.3) is 5.91 Å². The molecule has 30 heavy (non-hydrogen) atoms. The van der Waals surface area contributed by atoms with Crippen LogP contribution >= 0.6 is 0 Å². The van der Waals surface area contributed by atoms with Gasteiger partial charge in [0.05, 0.1) is 26.0 Å². The highest BCUT2D eigenvalue weighted by Gasteiger charge is 2.10. The molecular formula is C24H24N2O4. The van der Waals surface area contributed by atoms with Crippen molar-refractivity contribution in [1.82, 2.24) is 5.43 Å². The molecule has 0 aliphatic rings. The number of aryl methyl sites for hydroxylation is 1. The summed E-state index contributed by atoms with van der Waals surface area (Å²) in [7, 11) is 3.10. The zero-order chi connectivity index (χ0) is 21.3. The number of ether oxygens (including phenoxy) is 3. The predicted molar refractivity (Wildman–Crippen MR) is 117 cm³/mol. The number of nitrogens with one attached hydrogen (secondary N) is 1. The Morgan fingerprint density at radius 1 is 0.933 bits per heavy atom. The molecule has 0 spiro atoms. The summed E-state index contributed by atoms with van der Waals surface area (Å²) in [4.78, 5) is 12.3. The summed E-state index contributed by atoms with van der Waals surface area (Å²) in [6.45, 7) is 2.49. The van der Waals surface area contributed by atoms with Crippen molar-refractivity contribution in [2.75, 3.05) is 14.2 Å².